The number of carbonyl (C=O) groups excluding carboxylic acids is 1. The van der Waals surface area contributed by atoms with E-state index in [-0.39, 0.29) is 12.1 Å². The quantitative estimate of drug-likeness (QED) is 0.782. The lowest BCUT2D eigenvalue weighted by molar-refractivity contribution is 0.0226. The maximum atomic E-state index is 12.2. The maximum Gasteiger partial charge on any atom is 0.410 e. The fourth-order valence-corrected chi connectivity index (χ4v) is 3.92. The molecule has 2 aliphatic heterocycles. The van der Waals surface area contributed by atoms with Gasteiger partial charge in [0.1, 0.15) is 5.60 Å². The van der Waals surface area contributed by atoms with Crippen LogP contribution < -0.4 is 5.32 Å². The molecule has 6 heteroatoms. The molecule has 5 nitrogen and oxygen atoms in total. The van der Waals surface area contributed by atoms with E-state index < -0.39 is 5.60 Å². The Morgan fingerprint density at radius 1 is 1.27 bits per heavy atom. The van der Waals surface area contributed by atoms with E-state index in [1.165, 1.54) is 24.6 Å². The van der Waals surface area contributed by atoms with E-state index >= 15 is 0 Å². The number of nitrogens with one attached hydrogen (secondary N) is 1. The van der Waals surface area contributed by atoms with Crippen LogP contribution in [-0.4, -0.2) is 78.3 Å². The molecule has 2 heterocycles. The van der Waals surface area contributed by atoms with Crippen molar-refractivity contribution in [3.63, 3.8) is 0 Å². The minimum absolute atomic E-state index is 0.162. The summed E-state index contributed by atoms with van der Waals surface area (Å²) in [5, 5.41) is 3.52. The number of hydrogen-bond acceptors (Lipinski definition) is 5. The fourth-order valence-electron chi connectivity index (χ4n) is 2.94. The van der Waals surface area contributed by atoms with E-state index in [0.29, 0.717) is 0 Å². The van der Waals surface area contributed by atoms with Crippen molar-refractivity contribution >= 4 is 17.9 Å². The van der Waals surface area contributed by atoms with Gasteiger partial charge in [-0.1, -0.05) is 0 Å². The molecule has 1 amide bonds. The van der Waals surface area contributed by atoms with Crippen LogP contribution >= 0.6 is 11.8 Å². The second-order valence-electron chi connectivity index (χ2n) is 7.13. The molecular weight excluding hydrogens is 298 g/mol. The third-order valence-electron chi connectivity index (χ3n) is 4.09. The van der Waals surface area contributed by atoms with Gasteiger partial charge in [0.05, 0.1) is 0 Å². The van der Waals surface area contributed by atoms with Gasteiger partial charge in [0, 0.05) is 56.8 Å². The van der Waals surface area contributed by atoms with Crippen LogP contribution in [0.3, 0.4) is 0 Å². The van der Waals surface area contributed by atoms with Crippen molar-refractivity contribution < 1.29 is 9.53 Å². The van der Waals surface area contributed by atoms with E-state index in [0.717, 1.165) is 39.0 Å². The summed E-state index contributed by atoms with van der Waals surface area (Å²) in [4.78, 5) is 16.6. The SMILES string of the molecule is CC(C)(C)OC(=O)N1CCCC1CNCCN1CCSCC1. The predicted molar refractivity (Wildman–Crippen MR) is 92.6 cm³/mol. The van der Waals surface area contributed by atoms with Crippen LogP contribution in [0.15, 0.2) is 0 Å². The summed E-state index contributed by atoms with van der Waals surface area (Å²) >= 11 is 2.05. The molecule has 0 aliphatic carbocycles. The summed E-state index contributed by atoms with van der Waals surface area (Å²) < 4.78 is 5.50. The Kier molecular flexibility index (Phi) is 6.84. The van der Waals surface area contributed by atoms with Gasteiger partial charge < -0.3 is 19.9 Å². The van der Waals surface area contributed by atoms with Crippen LogP contribution in [0.25, 0.3) is 0 Å². The second kappa shape index (κ2) is 8.41. The lowest BCUT2D eigenvalue weighted by Crippen LogP contribution is -2.45. The Morgan fingerprint density at radius 2 is 2.00 bits per heavy atom. The first kappa shape index (κ1) is 17.9. The molecule has 128 valence electrons. The number of likely N-dealkylation sites (tertiary alicyclic amines) is 1. The molecule has 0 radical (unpaired) electrons. The van der Waals surface area contributed by atoms with Gasteiger partial charge in [0.15, 0.2) is 0 Å². The molecule has 0 aromatic rings. The number of thioether (sulfide) groups is 1. The van der Waals surface area contributed by atoms with Gasteiger partial charge >= 0.3 is 6.09 Å². The van der Waals surface area contributed by atoms with Crippen LogP contribution in [0.4, 0.5) is 4.79 Å². The molecule has 1 N–H and O–H groups in total. The highest BCUT2D eigenvalue weighted by Crippen LogP contribution is 2.20. The van der Waals surface area contributed by atoms with Crippen molar-refractivity contribution in [3.8, 4) is 0 Å². The summed E-state index contributed by atoms with van der Waals surface area (Å²) in [7, 11) is 0. The number of ether oxygens (including phenoxy) is 1. The van der Waals surface area contributed by atoms with Crippen molar-refractivity contribution in [3.05, 3.63) is 0 Å². The molecule has 0 aromatic carbocycles. The molecule has 0 spiro atoms. The van der Waals surface area contributed by atoms with Crippen molar-refractivity contribution in [2.75, 3.05) is 50.8 Å². The van der Waals surface area contributed by atoms with Crippen molar-refractivity contribution in [1.82, 2.24) is 15.1 Å². The van der Waals surface area contributed by atoms with Gasteiger partial charge in [-0.3, -0.25) is 0 Å². The average molecular weight is 330 g/mol. The topological polar surface area (TPSA) is 44.8 Å². The number of nitrogens with zero attached hydrogens (tertiary/aromatic N) is 2. The summed E-state index contributed by atoms with van der Waals surface area (Å²) in [5.41, 5.74) is -0.413. The Bertz CT molecular complexity index is 354. The van der Waals surface area contributed by atoms with E-state index in [2.05, 4.69) is 10.2 Å². The summed E-state index contributed by atoms with van der Waals surface area (Å²) in [6, 6.07) is 0.284. The first-order valence-electron chi connectivity index (χ1n) is 8.46. The van der Waals surface area contributed by atoms with Gasteiger partial charge in [-0.25, -0.2) is 4.79 Å². The zero-order valence-electron chi connectivity index (χ0n) is 14.3. The van der Waals surface area contributed by atoms with Gasteiger partial charge in [0.2, 0.25) is 0 Å². The molecule has 2 rings (SSSR count). The van der Waals surface area contributed by atoms with Crippen LogP contribution in [0, 0.1) is 0 Å². The number of hydrogen-bond donors (Lipinski definition) is 1. The first-order chi connectivity index (χ1) is 10.5. The molecule has 0 bridgehead atoms. The molecule has 1 unspecified atom stereocenters. The second-order valence-corrected chi connectivity index (χ2v) is 8.35. The van der Waals surface area contributed by atoms with E-state index in [9.17, 15) is 4.79 Å². The molecule has 1 atom stereocenters. The summed E-state index contributed by atoms with van der Waals surface area (Å²) in [5.74, 6) is 2.52. The highest BCUT2D eigenvalue weighted by molar-refractivity contribution is 7.99. The molecule has 2 saturated heterocycles. The Hall–Kier alpha value is -0.460. The van der Waals surface area contributed by atoms with Crippen LogP contribution in [-0.2, 0) is 4.74 Å². The number of carbonyl (C=O) groups is 1. The zero-order valence-corrected chi connectivity index (χ0v) is 15.1. The van der Waals surface area contributed by atoms with Crippen LogP contribution in [0.1, 0.15) is 33.6 Å². The van der Waals surface area contributed by atoms with Crippen molar-refractivity contribution in [1.29, 1.82) is 0 Å². The van der Waals surface area contributed by atoms with Gasteiger partial charge in [-0.2, -0.15) is 11.8 Å². The predicted octanol–water partition coefficient (Wildman–Crippen LogP) is 2.02. The normalized spacial score (nSPS) is 23.8. The third kappa shape index (κ3) is 5.97. The summed E-state index contributed by atoms with van der Waals surface area (Å²) in [6.07, 6.45) is 1.99. The molecular formula is C16H31N3O2S. The third-order valence-corrected chi connectivity index (χ3v) is 5.04. The smallest absolute Gasteiger partial charge is 0.410 e. The van der Waals surface area contributed by atoms with Gasteiger partial charge in [-0.05, 0) is 33.6 Å². The zero-order chi connectivity index (χ0) is 16.0. The monoisotopic (exact) mass is 329 g/mol. The standard InChI is InChI=1S/C16H31N3O2S/c1-16(2,3)21-15(20)19-7-4-5-14(19)13-17-6-8-18-9-11-22-12-10-18/h14,17H,4-13H2,1-3H3. The van der Waals surface area contributed by atoms with Gasteiger partial charge in [0.25, 0.3) is 0 Å². The van der Waals surface area contributed by atoms with E-state index in [1.54, 1.807) is 0 Å². The lowest BCUT2D eigenvalue weighted by Gasteiger charge is -2.29. The molecule has 22 heavy (non-hydrogen) atoms. The van der Waals surface area contributed by atoms with E-state index in [1.807, 2.05) is 37.4 Å². The minimum atomic E-state index is -0.413. The Labute approximate surface area is 139 Å². The average Bonchev–Trinajstić information content (AvgIpc) is 2.91. The number of amides is 1. The minimum Gasteiger partial charge on any atom is -0.444 e. The van der Waals surface area contributed by atoms with Crippen molar-refractivity contribution in [2.45, 2.75) is 45.3 Å². The summed E-state index contributed by atoms with van der Waals surface area (Å²) in [6.45, 7) is 12.0. The Morgan fingerprint density at radius 3 is 2.68 bits per heavy atom. The van der Waals surface area contributed by atoms with Crippen LogP contribution in [0.5, 0.6) is 0 Å². The van der Waals surface area contributed by atoms with Crippen molar-refractivity contribution in [2.24, 2.45) is 0 Å². The highest BCUT2D eigenvalue weighted by Gasteiger charge is 2.31. The molecule has 0 saturated carbocycles. The first-order valence-corrected chi connectivity index (χ1v) is 9.61. The lowest BCUT2D eigenvalue weighted by atomic mass is 10.2. The highest BCUT2D eigenvalue weighted by atomic mass is 32.2. The largest absolute Gasteiger partial charge is 0.444 e. The maximum absolute atomic E-state index is 12.2. The fraction of sp³-hybridized carbons (Fsp3) is 0.938. The molecule has 2 fully saturated rings. The van der Waals surface area contributed by atoms with Gasteiger partial charge in [-0.15, -0.1) is 0 Å². The van der Waals surface area contributed by atoms with E-state index in [4.69, 9.17) is 4.74 Å². The van der Waals surface area contributed by atoms with Crippen LogP contribution in [0.2, 0.25) is 0 Å². The number of rotatable bonds is 5. The molecule has 0 aromatic heterocycles. The molecule has 2 aliphatic rings. The Balaban J connectivity index is 1.66.